The van der Waals surface area contributed by atoms with E-state index in [9.17, 15) is 0 Å². The molecule has 0 aliphatic carbocycles. The zero-order valence-electron chi connectivity index (χ0n) is 17.9. The first-order chi connectivity index (χ1) is 14.0. The zero-order valence-corrected chi connectivity index (χ0v) is 20.3. The van der Waals surface area contributed by atoms with Gasteiger partial charge >= 0.3 is 0 Å². The molecule has 0 saturated heterocycles. The molecule has 0 amide bonds. The Balaban J connectivity index is 0.00000320. The average Bonchev–Trinajstić information content (AvgIpc) is 3.36. The fourth-order valence-corrected chi connectivity index (χ4v) is 2.73. The Bertz CT molecular complexity index is 929. The predicted molar refractivity (Wildman–Crippen MR) is 128 cm³/mol. The van der Waals surface area contributed by atoms with Crippen LogP contribution in [0.5, 0.6) is 0 Å². The highest BCUT2D eigenvalue weighted by molar-refractivity contribution is 14.0. The highest BCUT2D eigenvalue weighted by atomic mass is 127. The van der Waals surface area contributed by atoms with Crippen molar-refractivity contribution in [3.8, 4) is 0 Å². The van der Waals surface area contributed by atoms with Crippen LogP contribution in [-0.2, 0) is 25.0 Å². The van der Waals surface area contributed by atoms with Gasteiger partial charge in [0.2, 0.25) is 5.89 Å². The molecular formula is C21H30IN7O. The molecule has 0 fully saturated rings. The quantitative estimate of drug-likeness (QED) is 0.280. The highest BCUT2D eigenvalue weighted by Crippen LogP contribution is 2.19. The van der Waals surface area contributed by atoms with Crippen LogP contribution in [0.2, 0.25) is 0 Å². The van der Waals surface area contributed by atoms with Gasteiger partial charge in [-0.1, -0.05) is 50.2 Å². The molecule has 3 rings (SSSR count). The number of rotatable bonds is 7. The van der Waals surface area contributed by atoms with Crippen LogP contribution in [-0.4, -0.2) is 32.4 Å². The van der Waals surface area contributed by atoms with Crippen molar-refractivity contribution < 1.29 is 4.52 Å². The van der Waals surface area contributed by atoms with E-state index in [2.05, 4.69) is 38.0 Å². The predicted octanol–water partition coefficient (Wildman–Crippen LogP) is 3.49. The van der Waals surface area contributed by atoms with Crippen molar-refractivity contribution >= 4 is 29.9 Å². The van der Waals surface area contributed by atoms with Crippen LogP contribution in [0.1, 0.15) is 50.5 Å². The van der Waals surface area contributed by atoms with Gasteiger partial charge in [-0.2, -0.15) is 10.1 Å². The van der Waals surface area contributed by atoms with Gasteiger partial charge in [0.25, 0.3) is 0 Å². The van der Waals surface area contributed by atoms with E-state index in [1.165, 1.54) is 5.56 Å². The van der Waals surface area contributed by atoms with E-state index < -0.39 is 0 Å². The minimum Gasteiger partial charge on any atom is -0.357 e. The number of hydrogen-bond acceptors (Lipinski definition) is 5. The van der Waals surface area contributed by atoms with E-state index in [1.54, 1.807) is 6.20 Å². The first kappa shape index (κ1) is 23.8. The van der Waals surface area contributed by atoms with Gasteiger partial charge in [0.1, 0.15) is 0 Å². The first-order valence-electron chi connectivity index (χ1n) is 9.85. The van der Waals surface area contributed by atoms with Crippen LogP contribution in [0.25, 0.3) is 0 Å². The van der Waals surface area contributed by atoms with Crippen LogP contribution in [0.15, 0.2) is 52.2 Å². The normalized spacial score (nSPS) is 11.8. The lowest BCUT2D eigenvalue weighted by molar-refractivity contribution is 0.318. The van der Waals surface area contributed by atoms with Gasteiger partial charge < -0.3 is 15.2 Å². The minimum atomic E-state index is -0.165. The van der Waals surface area contributed by atoms with Gasteiger partial charge in [0, 0.05) is 24.4 Å². The smallest absolute Gasteiger partial charge is 0.232 e. The molecule has 9 heteroatoms. The molecule has 0 unspecified atom stereocenters. The lowest BCUT2D eigenvalue weighted by atomic mass is 9.97. The summed E-state index contributed by atoms with van der Waals surface area (Å²) in [7, 11) is 0. The van der Waals surface area contributed by atoms with Crippen LogP contribution >= 0.6 is 24.0 Å². The van der Waals surface area contributed by atoms with Crippen molar-refractivity contribution in [3.63, 3.8) is 0 Å². The molecule has 162 valence electrons. The van der Waals surface area contributed by atoms with Gasteiger partial charge in [-0.3, -0.25) is 4.68 Å². The number of aliphatic imine (C=N–C) groups is 1. The first-order valence-corrected chi connectivity index (χ1v) is 9.85. The number of aromatic nitrogens is 4. The summed E-state index contributed by atoms with van der Waals surface area (Å²) < 4.78 is 7.26. The van der Waals surface area contributed by atoms with Crippen molar-refractivity contribution in [1.29, 1.82) is 0 Å². The van der Waals surface area contributed by atoms with Crippen LogP contribution in [0.3, 0.4) is 0 Å². The third-order valence-electron chi connectivity index (χ3n) is 4.29. The molecule has 30 heavy (non-hydrogen) atoms. The van der Waals surface area contributed by atoms with Gasteiger partial charge in [-0.15, -0.1) is 24.0 Å². The summed E-state index contributed by atoms with van der Waals surface area (Å²) in [6.45, 7) is 10.7. The summed E-state index contributed by atoms with van der Waals surface area (Å²) >= 11 is 0. The number of benzene rings is 1. The van der Waals surface area contributed by atoms with E-state index in [0.29, 0.717) is 30.8 Å². The van der Waals surface area contributed by atoms with Crippen LogP contribution < -0.4 is 10.6 Å². The van der Waals surface area contributed by atoms with Gasteiger partial charge in [0.05, 0.1) is 19.6 Å². The van der Waals surface area contributed by atoms with E-state index in [4.69, 9.17) is 9.52 Å². The third-order valence-corrected chi connectivity index (χ3v) is 4.29. The average molecular weight is 523 g/mol. The molecule has 0 aliphatic heterocycles. The molecule has 2 aromatic heterocycles. The molecule has 0 spiro atoms. The lowest BCUT2D eigenvalue weighted by Gasteiger charge is -2.12. The van der Waals surface area contributed by atoms with Crippen LogP contribution in [0.4, 0.5) is 0 Å². The summed E-state index contributed by atoms with van der Waals surface area (Å²) in [4.78, 5) is 9.18. The van der Waals surface area contributed by atoms with Crippen molar-refractivity contribution in [3.05, 3.63) is 65.6 Å². The molecule has 0 atom stereocenters. The maximum absolute atomic E-state index is 5.35. The fourth-order valence-electron chi connectivity index (χ4n) is 2.73. The Morgan fingerprint density at radius 2 is 1.90 bits per heavy atom. The fraction of sp³-hybridized carbons (Fsp3) is 0.429. The lowest BCUT2D eigenvalue weighted by Crippen LogP contribution is -2.37. The molecule has 0 radical (unpaired) electrons. The Kier molecular flexibility index (Phi) is 8.82. The number of hydrogen-bond donors (Lipinski definition) is 2. The molecule has 1 aromatic carbocycles. The molecule has 8 nitrogen and oxygen atoms in total. The molecule has 2 N–H and O–H groups in total. The maximum Gasteiger partial charge on any atom is 0.232 e. The van der Waals surface area contributed by atoms with E-state index >= 15 is 0 Å². The maximum atomic E-state index is 5.35. The largest absolute Gasteiger partial charge is 0.357 e. The molecule has 2 heterocycles. The van der Waals surface area contributed by atoms with Gasteiger partial charge in [0.15, 0.2) is 11.8 Å². The topological polar surface area (TPSA) is 93.2 Å². The monoisotopic (exact) mass is 523 g/mol. The van der Waals surface area contributed by atoms with Gasteiger partial charge in [-0.25, -0.2) is 4.99 Å². The summed E-state index contributed by atoms with van der Waals surface area (Å²) in [6, 6.07) is 10.2. The summed E-state index contributed by atoms with van der Waals surface area (Å²) in [5, 5.41) is 14.9. The Hall–Kier alpha value is -2.43. The number of guanidine groups is 1. The second kappa shape index (κ2) is 11.1. The van der Waals surface area contributed by atoms with Crippen molar-refractivity contribution in [2.24, 2.45) is 4.99 Å². The second-order valence-corrected chi connectivity index (χ2v) is 7.79. The van der Waals surface area contributed by atoms with Crippen molar-refractivity contribution in [1.82, 2.24) is 30.6 Å². The molecule has 0 bridgehead atoms. The third kappa shape index (κ3) is 6.82. The summed E-state index contributed by atoms with van der Waals surface area (Å²) in [6.07, 6.45) is 3.75. The van der Waals surface area contributed by atoms with Crippen LogP contribution in [0, 0.1) is 0 Å². The molecule has 3 aromatic rings. The Labute approximate surface area is 194 Å². The molecule has 0 aliphatic rings. The minimum absolute atomic E-state index is 0. The second-order valence-electron chi connectivity index (χ2n) is 7.79. The van der Waals surface area contributed by atoms with Crippen molar-refractivity contribution in [2.75, 3.05) is 6.54 Å². The van der Waals surface area contributed by atoms with E-state index in [0.717, 1.165) is 18.7 Å². The highest BCUT2D eigenvalue weighted by Gasteiger charge is 2.21. The SMILES string of the molecule is CCNC(=NCc1ccccc1Cn1cccn1)NCc1noc(C(C)(C)C)n1.I. The Morgan fingerprint density at radius 1 is 1.13 bits per heavy atom. The standard InChI is InChI=1S/C21H29N7O.HI/c1-5-22-20(24-14-18-26-19(29-27-18)21(2,3)4)23-13-16-9-6-7-10-17(16)15-28-12-8-11-25-28;/h6-12H,5,13-15H2,1-4H3,(H2,22,23,24);1H. The van der Waals surface area contributed by atoms with Gasteiger partial charge in [-0.05, 0) is 24.1 Å². The van der Waals surface area contributed by atoms with Crippen molar-refractivity contribution in [2.45, 2.75) is 52.7 Å². The summed E-state index contributed by atoms with van der Waals surface area (Å²) in [5.74, 6) is 1.95. The summed E-state index contributed by atoms with van der Waals surface area (Å²) in [5.41, 5.74) is 2.20. The zero-order chi connectivity index (χ0) is 20.7. The van der Waals surface area contributed by atoms with E-state index in [-0.39, 0.29) is 29.4 Å². The van der Waals surface area contributed by atoms with E-state index in [1.807, 2.05) is 56.8 Å². The Morgan fingerprint density at radius 3 is 2.53 bits per heavy atom. The number of nitrogens with zero attached hydrogens (tertiary/aromatic N) is 5. The molecule has 0 saturated carbocycles. The number of nitrogens with one attached hydrogen (secondary N) is 2. The number of halogens is 1. The molecular weight excluding hydrogens is 493 g/mol.